The molecule has 0 bridgehead atoms. The largest absolute Gasteiger partial charge is 0.479 e. The second kappa shape index (κ2) is 8.65. The Labute approximate surface area is 150 Å². The summed E-state index contributed by atoms with van der Waals surface area (Å²) in [5.74, 6) is -1.07. The Morgan fingerprint density at radius 3 is 2.46 bits per heavy atom. The Morgan fingerprint density at radius 2 is 1.85 bits per heavy atom. The third-order valence-electron chi connectivity index (χ3n) is 3.34. The van der Waals surface area contributed by atoms with E-state index in [0.717, 1.165) is 0 Å². The van der Waals surface area contributed by atoms with Crippen molar-refractivity contribution in [3.63, 3.8) is 0 Å². The Bertz CT molecular complexity index is 798. The van der Waals surface area contributed by atoms with Gasteiger partial charge in [0.2, 0.25) is 5.88 Å². The number of benzene rings is 1. The molecule has 0 spiro atoms. The van der Waals surface area contributed by atoms with E-state index in [1.807, 2.05) is 0 Å². The molecule has 0 radical (unpaired) electrons. The fourth-order valence-electron chi connectivity index (χ4n) is 2.14. The first-order chi connectivity index (χ1) is 12.4. The van der Waals surface area contributed by atoms with Crippen molar-refractivity contribution in [1.82, 2.24) is 15.1 Å². The van der Waals surface area contributed by atoms with E-state index in [0.29, 0.717) is 16.8 Å². The Balaban J connectivity index is 1.97. The standard InChI is InChI=1S/C17H20N4O5/c1-4-26-14(22)9-18-15(23)11-5-7-12(8-6-11)19-16(24)13-10-21(2)20-17(13)25-3/h5-8,10H,4,9H2,1-3H3,(H,18,23)(H,19,24). The van der Waals surface area contributed by atoms with E-state index in [-0.39, 0.29) is 24.9 Å². The SMILES string of the molecule is CCOC(=O)CNC(=O)c1ccc(NC(=O)c2cn(C)nc2OC)cc1. The highest BCUT2D eigenvalue weighted by Crippen LogP contribution is 2.17. The van der Waals surface area contributed by atoms with Gasteiger partial charge in [-0.25, -0.2) is 0 Å². The molecule has 0 atom stereocenters. The maximum atomic E-state index is 12.3. The minimum Gasteiger partial charge on any atom is -0.479 e. The number of methoxy groups -OCH3 is 1. The molecule has 0 aliphatic heterocycles. The molecule has 0 unspecified atom stereocenters. The molecule has 0 fully saturated rings. The number of hydrogen-bond donors (Lipinski definition) is 2. The van der Waals surface area contributed by atoms with Crippen LogP contribution >= 0.6 is 0 Å². The van der Waals surface area contributed by atoms with Crippen molar-refractivity contribution < 1.29 is 23.9 Å². The number of carbonyl (C=O) groups excluding carboxylic acids is 3. The van der Waals surface area contributed by atoms with E-state index in [4.69, 9.17) is 9.47 Å². The highest BCUT2D eigenvalue weighted by atomic mass is 16.5. The van der Waals surface area contributed by atoms with Crippen LogP contribution in [0.25, 0.3) is 0 Å². The van der Waals surface area contributed by atoms with Gasteiger partial charge in [0.25, 0.3) is 11.8 Å². The summed E-state index contributed by atoms with van der Waals surface area (Å²) in [4.78, 5) is 35.5. The Morgan fingerprint density at radius 1 is 1.15 bits per heavy atom. The van der Waals surface area contributed by atoms with E-state index in [1.165, 1.54) is 23.9 Å². The lowest BCUT2D eigenvalue weighted by Gasteiger charge is -2.07. The number of rotatable bonds is 7. The van der Waals surface area contributed by atoms with Crippen molar-refractivity contribution in [2.45, 2.75) is 6.92 Å². The fraction of sp³-hybridized carbons (Fsp3) is 0.294. The fourth-order valence-corrected chi connectivity index (χ4v) is 2.14. The van der Waals surface area contributed by atoms with Gasteiger partial charge in [-0.15, -0.1) is 5.10 Å². The lowest BCUT2D eigenvalue weighted by Crippen LogP contribution is -2.30. The summed E-state index contributed by atoms with van der Waals surface area (Å²) in [6.07, 6.45) is 1.55. The Kier molecular flexibility index (Phi) is 6.31. The molecule has 9 heteroatoms. The monoisotopic (exact) mass is 360 g/mol. The van der Waals surface area contributed by atoms with Crippen LogP contribution in [0.15, 0.2) is 30.5 Å². The van der Waals surface area contributed by atoms with Gasteiger partial charge in [-0.2, -0.15) is 0 Å². The normalized spacial score (nSPS) is 10.1. The highest BCUT2D eigenvalue weighted by molar-refractivity contribution is 6.06. The van der Waals surface area contributed by atoms with Crippen molar-refractivity contribution in [2.75, 3.05) is 25.6 Å². The maximum Gasteiger partial charge on any atom is 0.325 e. The molecule has 2 amide bonds. The first-order valence-electron chi connectivity index (χ1n) is 7.87. The third-order valence-corrected chi connectivity index (χ3v) is 3.34. The van der Waals surface area contributed by atoms with Gasteiger partial charge in [0, 0.05) is 24.5 Å². The number of carbonyl (C=O) groups is 3. The molecule has 2 rings (SSSR count). The number of anilines is 1. The second-order valence-corrected chi connectivity index (χ2v) is 5.24. The van der Waals surface area contributed by atoms with Crippen molar-refractivity contribution in [3.05, 3.63) is 41.6 Å². The van der Waals surface area contributed by atoms with E-state index in [9.17, 15) is 14.4 Å². The van der Waals surface area contributed by atoms with Gasteiger partial charge in [-0.3, -0.25) is 19.1 Å². The van der Waals surface area contributed by atoms with Gasteiger partial charge in [-0.1, -0.05) is 0 Å². The minimum absolute atomic E-state index is 0.202. The van der Waals surface area contributed by atoms with Crippen LogP contribution in [0.2, 0.25) is 0 Å². The first-order valence-corrected chi connectivity index (χ1v) is 7.87. The molecule has 2 aromatic rings. The summed E-state index contributed by atoms with van der Waals surface area (Å²) < 4.78 is 11.3. The first kappa shape index (κ1) is 19.0. The van der Waals surface area contributed by atoms with Crippen LogP contribution < -0.4 is 15.4 Å². The zero-order valence-corrected chi connectivity index (χ0v) is 14.7. The molecular formula is C17H20N4O5. The summed E-state index contributed by atoms with van der Waals surface area (Å²) in [6.45, 7) is 1.74. The number of esters is 1. The van der Waals surface area contributed by atoms with Crippen LogP contribution in [0.5, 0.6) is 5.88 Å². The maximum absolute atomic E-state index is 12.3. The molecule has 1 heterocycles. The molecule has 9 nitrogen and oxygen atoms in total. The van der Waals surface area contributed by atoms with Gasteiger partial charge in [0.15, 0.2) is 0 Å². The molecule has 0 saturated heterocycles. The number of aryl methyl sites for hydroxylation is 1. The van der Waals surface area contributed by atoms with Crippen LogP contribution in [0.3, 0.4) is 0 Å². The van der Waals surface area contributed by atoms with Gasteiger partial charge in [0.05, 0.1) is 13.7 Å². The van der Waals surface area contributed by atoms with Crippen molar-refractivity contribution in [2.24, 2.45) is 7.05 Å². The number of aromatic nitrogens is 2. The van der Waals surface area contributed by atoms with E-state index in [2.05, 4.69) is 15.7 Å². The van der Waals surface area contributed by atoms with Crippen molar-refractivity contribution >= 4 is 23.5 Å². The molecule has 1 aromatic carbocycles. The van der Waals surface area contributed by atoms with E-state index >= 15 is 0 Å². The van der Waals surface area contributed by atoms with Gasteiger partial charge in [0.1, 0.15) is 12.1 Å². The zero-order valence-electron chi connectivity index (χ0n) is 14.7. The predicted octanol–water partition coefficient (Wildman–Crippen LogP) is 0.974. The number of nitrogens with one attached hydrogen (secondary N) is 2. The summed E-state index contributed by atoms with van der Waals surface area (Å²) in [5, 5.41) is 9.18. The average molecular weight is 360 g/mol. The van der Waals surface area contributed by atoms with Crippen LogP contribution in [-0.2, 0) is 16.6 Å². The summed E-state index contributed by atoms with van der Waals surface area (Å²) in [5.41, 5.74) is 1.15. The molecule has 26 heavy (non-hydrogen) atoms. The Hall–Kier alpha value is -3.36. The lowest BCUT2D eigenvalue weighted by molar-refractivity contribution is -0.141. The van der Waals surface area contributed by atoms with Crippen molar-refractivity contribution in [3.8, 4) is 5.88 Å². The highest BCUT2D eigenvalue weighted by Gasteiger charge is 2.16. The topological polar surface area (TPSA) is 112 Å². The molecular weight excluding hydrogens is 340 g/mol. The van der Waals surface area contributed by atoms with E-state index in [1.54, 1.807) is 32.3 Å². The van der Waals surface area contributed by atoms with Gasteiger partial charge >= 0.3 is 5.97 Å². The molecule has 2 N–H and O–H groups in total. The molecule has 138 valence electrons. The number of ether oxygens (including phenoxy) is 2. The summed E-state index contributed by atoms with van der Waals surface area (Å²) in [6, 6.07) is 6.24. The summed E-state index contributed by atoms with van der Waals surface area (Å²) in [7, 11) is 3.12. The second-order valence-electron chi connectivity index (χ2n) is 5.24. The molecule has 0 saturated carbocycles. The lowest BCUT2D eigenvalue weighted by atomic mass is 10.2. The van der Waals surface area contributed by atoms with Gasteiger partial charge < -0.3 is 20.1 Å². The molecule has 1 aromatic heterocycles. The van der Waals surface area contributed by atoms with Crippen LogP contribution in [0.1, 0.15) is 27.6 Å². The zero-order chi connectivity index (χ0) is 19.1. The number of amides is 2. The number of nitrogens with zero attached hydrogens (tertiary/aromatic N) is 2. The third kappa shape index (κ3) is 4.82. The predicted molar refractivity (Wildman–Crippen MR) is 93.1 cm³/mol. The summed E-state index contributed by atoms with van der Waals surface area (Å²) >= 11 is 0. The quantitative estimate of drug-likeness (QED) is 0.712. The number of hydrogen-bond acceptors (Lipinski definition) is 6. The van der Waals surface area contributed by atoms with Crippen LogP contribution in [-0.4, -0.2) is 47.8 Å². The van der Waals surface area contributed by atoms with Crippen LogP contribution in [0.4, 0.5) is 5.69 Å². The molecule has 0 aliphatic carbocycles. The average Bonchev–Trinajstić information content (AvgIpc) is 3.01. The van der Waals surface area contributed by atoms with Crippen molar-refractivity contribution in [1.29, 1.82) is 0 Å². The van der Waals surface area contributed by atoms with Gasteiger partial charge in [-0.05, 0) is 31.2 Å². The van der Waals surface area contributed by atoms with Crippen LogP contribution in [0, 0.1) is 0 Å². The smallest absolute Gasteiger partial charge is 0.325 e. The van der Waals surface area contributed by atoms with E-state index < -0.39 is 11.9 Å². The minimum atomic E-state index is -0.504. The molecule has 0 aliphatic rings.